The number of carbonyl (C=O) groups excluding carboxylic acids is 3. The lowest BCUT2D eigenvalue weighted by Crippen LogP contribution is -2.61. The van der Waals surface area contributed by atoms with Gasteiger partial charge in [-0.3, -0.25) is 24.5 Å². The molecule has 10 nitrogen and oxygen atoms in total. The number of halogens is 4. The predicted octanol–water partition coefficient (Wildman–Crippen LogP) is 3.47. The zero-order valence-electron chi connectivity index (χ0n) is 20.8. The van der Waals surface area contributed by atoms with Crippen LogP contribution in [0.15, 0.2) is 18.5 Å². The Morgan fingerprint density at radius 1 is 1.26 bits per heavy atom. The van der Waals surface area contributed by atoms with E-state index in [4.69, 9.17) is 0 Å². The minimum atomic E-state index is -3.04. The number of amides is 2. The van der Waals surface area contributed by atoms with Gasteiger partial charge in [0.15, 0.2) is 5.82 Å². The fourth-order valence-corrected chi connectivity index (χ4v) is 5.94. The van der Waals surface area contributed by atoms with Crippen molar-refractivity contribution in [2.24, 2.45) is 5.92 Å². The second-order valence-electron chi connectivity index (χ2n) is 10.5. The molecule has 3 aromatic rings. The van der Waals surface area contributed by atoms with Gasteiger partial charge in [-0.2, -0.15) is 0 Å². The highest BCUT2D eigenvalue weighted by Gasteiger charge is 2.60. The first kappa shape index (κ1) is 25.2. The number of rotatable bonds is 7. The summed E-state index contributed by atoms with van der Waals surface area (Å²) in [6.07, 6.45) is 0.494. The average Bonchev–Trinajstić information content (AvgIpc) is 3.18. The summed E-state index contributed by atoms with van der Waals surface area (Å²) in [4.78, 5) is 43.7. The van der Waals surface area contributed by atoms with E-state index in [1.807, 2.05) is 0 Å². The molecule has 204 valence electrons. The molecule has 39 heavy (non-hydrogen) atoms. The third-order valence-corrected chi connectivity index (χ3v) is 7.79. The average molecular weight is 545 g/mol. The van der Waals surface area contributed by atoms with Gasteiger partial charge < -0.3 is 15.2 Å². The first-order valence-corrected chi connectivity index (χ1v) is 12.4. The van der Waals surface area contributed by atoms with Gasteiger partial charge in [-0.1, -0.05) is 5.21 Å². The summed E-state index contributed by atoms with van der Waals surface area (Å²) in [5.74, 6) is -6.69. The normalized spacial score (nSPS) is 22.3. The van der Waals surface area contributed by atoms with Gasteiger partial charge in [-0.05, 0) is 44.2 Å². The number of ketones is 1. The van der Waals surface area contributed by atoms with E-state index in [-0.39, 0.29) is 40.2 Å². The number of aromatic nitrogens is 5. The van der Waals surface area contributed by atoms with Crippen LogP contribution in [-0.2, 0) is 16.8 Å². The molecular formula is C25H23F4N7O3. The summed E-state index contributed by atoms with van der Waals surface area (Å²) in [5, 5.41) is 14.6. The summed E-state index contributed by atoms with van der Waals surface area (Å²) in [6.45, 7) is 2.62. The number of nitrogens with one attached hydrogen (secondary N) is 3. The van der Waals surface area contributed by atoms with Gasteiger partial charge in [0.25, 0.3) is 23.5 Å². The highest BCUT2D eigenvalue weighted by Crippen LogP contribution is 2.55. The number of carbonyl (C=O) groups is 3. The van der Waals surface area contributed by atoms with Crippen LogP contribution in [0.5, 0.6) is 0 Å². The molecule has 4 heterocycles. The van der Waals surface area contributed by atoms with Crippen LogP contribution in [0.4, 0.5) is 23.2 Å². The van der Waals surface area contributed by atoms with Crippen molar-refractivity contribution < 1.29 is 31.9 Å². The summed E-state index contributed by atoms with van der Waals surface area (Å²) in [6, 6.07) is 1.14. The molecule has 3 aromatic heterocycles. The summed E-state index contributed by atoms with van der Waals surface area (Å²) < 4.78 is 57.9. The molecule has 6 rings (SSSR count). The van der Waals surface area contributed by atoms with Crippen molar-refractivity contribution in [3.05, 3.63) is 58.2 Å². The van der Waals surface area contributed by atoms with Crippen LogP contribution < -0.4 is 10.6 Å². The van der Waals surface area contributed by atoms with Crippen LogP contribution >= 0.6 is 0 Å². The third-order valence-electron chi connectivity index (χ3n) is 7.79. The quantitative estimate of drug-likeness (QED) is 0.237. The van der Waals surface area contributed by atoms with E-state index in [0.29, 0.717) is 12.1 Å². The van der Waals surface area contributed by atoms with Crippen LogP contribution in [0.1, 0.15) is 81.9 Å². The molecule has 1 unspecified atom stereocenters. The Kier molecular flexibility index (Phi) is 5.46. The molecule has 2 saturated carbocycles. The largest absolute Gasteiger partial charge is 0.337 e. The van der Waals surface area contributed by atoms with Crippen molar-refractivity contribution in [1.29, 1.82) is 0 Å². The van der Waals surface area contributed by atoms with Crippen molar-refractivity contribution in [3.63, 3.8) is 0 Å². The van der Waals surface area contributed by atoms with Crippen LogP contribution in [0.25, 0.3) is 0 Å². The van der Waals surface area contributed by atoms with E-state index >= 15 is 0 Å². The maximum atomic E-state index is 14.8. The molecule has 3 N–H and O–H groups in total. The highest BCUT2D eigenvalue weighted by atomic mass is 19.3. The Bertz CT molecular complexity index is 1520. The van der Waals surface area contributed by atoms with E-state index < -0.39 is 59.6 Å². The predicted molar refractivity (Wildman–Crippen MR) is 126 cm³/mol. The molecule has 14 heteroatoms. The summed E-state index contributed by atoms with van der Waals surface area (Å²) in [5.41, 5.74) is -1.43. The van der Waals surface area contributed by atoms with Gasteiger partial charge >= 0.3 is 0 Å². The van der Waals surface area contributed by atoms with Crippen molar-refractivity contribution in [1.82, 2.24) is 30.3 Å². The van der Waals surface area contributed by atoms with Gasteiger partial charge in [0, 0.05) is 37.0 Å². The van der Waals surface area contributed by atoms with E-state index in [0.717, 1.165) is 13.3 Å². The Morgan fingerprint density at radius 2 is 2.00 bits per heavy atom. The van der Waals surface area contributed by atoms with Gasteiger partial charge in [0.2, 0.25) is 0 Å². The van der Waals surface area contributed by atoms with Crippen molar-refractivity contribution in [2.75, 3.05) is 5.32 Å². The molecule has 3 aliphatic rings. The molecule has 0 saturated heterocycles. The summed E-state index contributed by atoms with van der Waals surface area (Å²) >= 11 is 0. The highest BCUT2D eigenvalue weighted by molar-refractivity contribution is 6.44. The Hall–Kier alpha value is -4.10. The first-order valence-electron chi connectivity index (χ1n) is 12.4. The Balaban J connectivity index is 1.32. The fraction of sp³-hybridized carbons (Fsp3) is 0.440. The van der Waals surface area contributed by atoms with E-state index in [1.165, 1.54) is 25.4 Å². The molecule has 0 bridgehead atoms. The van der Waals surface area contributed by atoms with Crippen molar-refractivity contribution >= 4 is 23.3 Å². The molecule has 0 radical (unpaired) electrons. The number of aromatic amines is 1. The second-order valence-corrected chi connectivity index (χ2v) is 10.5. The Morgan fingerprint density at radius 3 is 2.64 bits per heavy atom. The van der Waals surface area contributed by atoms with Gasteiger partial charge in [0.1, 0.15) is 23.3 Å². The lowest BCUT2D eigenvalue weighted by Gasteiger charge is -2.46. The fourth-order valence-electron chi connectivity index (χ4n) is 5.94. The number of H-pyrrole nitrogens is 1. The van der Waals surface area contributed by atoms with E-state index in [1.54, 1.807) is 4.57 Å². The number of Topliss-reactive ketones (excluding diaryl/α,β-unsaturated/α-hetero) is 1. The van der Waals surface area contributed by atoms with Crippen LogP contribution in [0.2, 0.25) is 0 Å². The van der Waals surface area contributed by atoms with Gasteiger partial charge in [-0.15, -0.1) is 5.10 Å². The number of nitrogens with zero attached hydrogens (tertiary/aromatic N) is 4. The zero-order chi connectivity index (χ0) is 27.9. The zero-order valence-corrected chi connectivity index (χ0v) is 20.8. The number of pyridine rings is 1. The lowest BCUT2D eigenvalue weighted by molar-refractivity contribution is -0.148. The van der Waals surface area contributed by atoms with Gasteiger partial charge in [0.05, 0.1) is 16.8 Å². The molecule has 2 fully saturated rings. The van der Waals surface area contributed by atoms with Gasteiger partial charge in [-0.25, -0.2) is 17.6 Å². The minimum absolute atomic E-state index is 0.0134. The number of anilines is 1. The monoisotopic (exact) mass is 545 g/mol. The molecular weight excluding hydrogens is 522 g/mol. The smallest absolute Gasteiger partial charge is 0.293 e. The summed E-state index contributed by atoms with van der Waals surface area (Å²) in [7, 11) is 0. The standard InChI is InChI=1S/C25H23F4N7O3/c1-10-17(21(37)23(39)33-24(8-25(28,29)9-24)16-7-31-35-34-16)15-6-12-5-14(12)36(15)20(10)22(38)32-13-3-4-30-19(11(2)26)18(13)27/h3-4,7,11-12,14H,5-6,8-9H2,1-2H3,(H,33,39)(H,30,32,38)(H,31,34,35)/t11?,12-,14-/m1/s1. The molecule has 2 amide bonds. The number of hydrogen-bond donors (Lipinski definition) is 3. The maximum Gasteiger partial charge on any atom is 0.293 e. The van der Waals surface area contributed by atoms with Crippen molar-refractivity contribution in [3.8, 4) is 0 Å². The third kappa shape index (κ3) is 3.91. The van der Waals surface area contributed by atoms with Crippen molar-refractivity contribution in [2.45, 2.75) is 63.2 Å². The molecule has 0 aromatic carbocycles. The van der Waals surface area contributed by atoms with E-state index in [9.17, 15) is 31.9 Å². The van der Waals surface area contributed by atoms with Crippen LogP contribution in [-0.4, -0.2) is 48.5 Å². The first-order chi connectivity index (χ1) is 18.4. The molecule has 3 atom stereocenters. The second kappa shape index (κ2) is 8.45. The topological polar surface area (TPSA) is 135 Å². The number of hydrogen-bond acceptors (Lipinski definition) is 6. The van der Waals surface area contributed by atoms with Crippen LogP contribution in [0, 0.1) is 18.7 Å². The lowest BCUT2D eigenvalue weighted by atomic mass is 9.71. The SMILES string of the molecule is Cc1c(C(=O)C(=O)NC2(c3c[nH]nn3)CC(F)(F)C2)c2n(c1C(=O)Nc1ccnc(C(C)F)c1F)[C@@H]1C[C@@H]1C2. The van der Waals surface area contributed by atoms with E-state index in [2.05, 4.69) is 31.0 Å². The molecule has 2 aliphatic carbocycles. The minimum Gasteiger partial charge on any atom is -0.337 e. The number of fused-ring (bicyclic) bond motifs is 3. The molecule has 1 aliphatic heterocycles. The Labute approximate surface area is 218 Å². The number of alkyl halides is 3. The molecule has 0 spiro atoms. The van der Waals surface area contributed by atoms with Crippen LogP contribution in [0.3, 0.4) is 0 Å². The maximum absolute atomic E-state index is 14.8.